The Hall–Kier alpha value is -0.340. The summed E-state index contributed by atoms with van der Waals surface area (Å²) >= 11 is 0. The summed E-state index contributed by atoms with van der Waals surface area (Å²) in [5.74, 6) is 2.75. The van der Waals surface area contributed by atoms with E-state index in [0.29, 0.717) is 35.0 Å². The van der Waals surface area contributed by atoms with Crippen molar-refractivity contribution in [3.63, 3.8) is 0 Å². The summed E-state index contributed by atoms with van der Waals surface area (Å²) in [5.41, 5.74) is 2.31. The van der Waals surface area contributed by atoms with E-state index < -0.39 is 0 Å². The van der Waals surface area contributed by atoms with Crippen LogP contribution in [0.1, 0.15) is 106 Å². The summed E-state index contributed by atoms with van der Waals surface area (Å²) in [5, 5.41) is 22.9. The molecule has 0 amide bonds. The van der Waals surface area contributed by atoms with Gasteiger partial charge in [-0.2, -0.15) is 0 Å². The molecule has 0 bridgehead atoms. The molecule has 11 atom stereocenters. The van der Waals surface area contributed by atoms with Gasteiger partial charge in [0.05, 0.1) is 12.2 Å². The predicted octanol–water partition coefficient (Wildman–Crippen LogP) is 7.00. The van der Waals surface area contributed by atoms with Gasteiger partial charge in [-0.05, 0) is 121 Å². The van der Waals surface area contributed by atoms with E-state index in [2.05, 4.69) is 55.0 Å². The van der Waals surface area contributed by atoms with Gasteiger partial charge in [0.2, 0.25) is 0 Å². The summed E-state index contributed by atoms with van der Waals surface area (Å²) in [6.45, 7) is 21.6. The van der Waals surface area contributed by atoms with Gasteiger partial charge in [0.25, 0.3) is 0 Å². The number of aliphatic hydroxyl groups excluding tert-OH is 2. The molecule has 2 nitrogen and oxygen atoms in total. The Morgan fingerprint density at radius 1 is 0.812 bits per heavy atom. The predicted molar refractivity (Wildman–Crippen MR) is 132 cm³/mol. The van der Waals surface area contributed by atoms with E-state index in [1.807, 2.05) is 0 Å². The van der Waals surface area contributed by atoms with Crippen LogP contribution in [0.25, 0.3) is 0 Å². The van der Waals surface area contributed by atoms with E-state index in [1.165, 1.54) is 44.1 Å². The maximum atomic E-state index is 12.0. The minimum absolute atomic E-state index is 0.0621. The molecule has 5 saturated carbocycles. The molecule has 5 aliphatic carbocycles. The third-order valence-electron chi connectivity index (χ3n) is 13.4. The van der Waals surface area contributed by atoms with Crippen LogP contribution in [0.5, 0.6) is 0 Å². The first-order chi connectivity index (χ1) is 14.7. The van der Waals surface area contributed by atoms with E-state index in [-0.39, 0.29) is 33.9 Å². The molecule has 0 radical (unpaired) electrons. The average Bonchev–Trinajstić information content (AvgIpc) is 3.05. The zero-order chi connectivity index (χ0) is 23.5. The van der Waals surface area contributed by atoms with Crippen molar-refractivity contribution in [2.45, 2.75) is 118 Å². The molecule has 1 unspecified atom stereocenters. The zero-order valence-electron chi connectivity index (χ0n) is 22.0. The number of hydrogen-bond donors (Lipinski definition) is 2. The Kier molecular flexibility index (Phi) is 5.02. The molecule has 0 spiro atoms. The summed E-state index contributed by atoms with van der Waals surface area (Å²) in [4.78, 5) is 0. The lowest BCUT2D eigenvalue weighted by atomic mass is 9.32. The fraction of sp³-hybridized carbons (Fsp3) is 0.933. The maximum absolute atomic E-state index is 12.0. The Morgan fingerprint density at radius 3 is 2.16 bits per heavy atom. The highest BCUT2D eigenvalue weighted by Crippen LogP contribution is 2.77. The highest BCUT2D eigenvalue weighted by atomic mass is 16.3. The molecule has 5 aliphatic rings. The molecule has 5 rings (SSSR count). The van der Waals surface area contributed by atoms with Crippen molar-refractivity contribution in [3.8, 4) is 0 Å². The van der Waals surface area contributed by atoms with Crippen LogP contribution in [0.3, 0.4) is 0 Å². The second-order valence-corrected chi connectivity index (χ2v) is 14.9. The lowest BCUT2D eigenvalue weighted by Crippen LogP contribution is -2.69. The molecule has 0 heterocycles. The summed E-state index contributed by atoms with van der Waals surface area (Å²) in [6, 6.07) is 0. The van der Waals surface area contributed by atoms with Crippen molar-refractivity contribution in [2.24, 2.45) is 56.7 Å². The van der Waals surface area contributed by atoms with Crippen molar-refractivity contribution in [1.82, 2.24) is 0 Å². The van der Waals surface area contributed by atoms with Crippen LogP contribution in [-0.2, 0) is 0 Å². The molecule has 32 heavy (non-hydrogen) atoms. The monoisotopic (exact) mass is 442 g/mol. The fourth-order valence-electron chi connectivity index (χ4n) is 11.5. The van der Waals surface area contributed by atoms with Gasteiger partial charge in [0.1, 0.15) is 0 Å². The number of rotatable bonds is 1. The van der Waals surface area contributed by atoms with Gasteiger partial charge in [0, 0.05) is 0 Å². The highest BCUT2D eigenvalue weighted by molar-refractivity contribution is 5.22. The quantitative estimate of drug-likeness (QED) is 0.429. The van der Waals surface area contributed by atoms with Gasteiger partial charge in [0.15, 0.2) is 0 Å². The molecule has 0 saturated heterocycles. The molecule has 0 aromatic carbocycles. The molecule has 5 fully saturated rings. The zero-order valence-corrected chi connectivity index (χ0v) is 22.0. The Balaban J connectivity index is 1.59. The summed E-state index contributed by atoms with van der Waals surface area (Å²) < 4.78 is 0. The smallest absolute Gasteiger partial charge is 0.0594 e. The Labute approximate surface area is 197 Å². The molecule has 0 aliphatic heterocycles. The van der Waals surface area contributed by atoms with Crippen molar-refractivity contribution in [3.05, 3.63) is 12.2 Å². The van der Waals surface area contributed by atoms with Gasteiger partial charge in [-0.15, -0.1) is 0 Å². The molecule has 2 heteroatoms. The average molecular weight is 443 g/mol. The summed E-state index contributed by atoms with van der Waals surface area (Å²) in [6.07, 6.45) is 10.2. The highest BCUT2D eigenvalue weighted by Gasteiger charge is 2.72. The first kappa shape index (κ1) is 23.4. The summed E-state index contributed by atoms with van der Waals surface area (Å²) in [7, 11) is 0. The van der Waals surface area contributed by atoms with Crippen LogP contribution in [0.15, 0.2) is 12.2 Å². The van der Waals surface area contributed by atoms with E-state index in [1.54, 1.807) is 0 Å². The topological polar surface area (TPSA) is 40.5 Å². The van der Waals surface area contributed by atoms with Crippen molar-refractivity contribution >= 4 is 0 Å². The number of allylic oxidation sites excluding steroid dienone is 1. The third-order valence-corrected chi connectivity index (χ3v) is 13.4. The van der Waals surface area contributed by atoms with Crippen LogP contribution in [0.2, 0.25) is 0 Å². The first-order valence-corrected chi connectivity index (χ1v) is 13.7. The second kappa shape index (κ2) is 6.87. The third kappa shape index (κ3) is 2.66. The van der Waals surface area contributed by atoms with E-state index in [0.717, 1.165) is 19.3 Å². The van der Waals surface area contributed by atoms with Gasteiger partial charge < -0.3 is 10.2 Å². The van der Waals surface area contributed by atoms with Crippen LogP contribution in [-0.4, -0.2) is 22.4 Å². The molecule has 2 N–H and O–H groups in total. The fourth-order valence-corrected chi connectivity index (χ4v) is 11.5. The van der Waals surface area contributed by atoms with E-state index in [9.17, 15) is 10.2 Å². The largest absolute Gasteiger partial charge is 0.393 e. The minimum Gasteiger partial charge on any atom is -0.393 e. The van der Waals surface area contributed by atoms with E-state index >= 15 is 0 Å². The van der Waals surface area contributed by atoms with E-state index in [4.69, 9.17) is 0 Å². The number of aliphatic hydroxyl groups is 2. The van der Waals surface area contributed by atoms with Crippen LogP contribution in [0, 0.1) is 56.7 Å². The van der Waals surface area contributed by atoms with Crippen LogP contribution < -0.4 is 0 Å². The van der Waals surface area contributed by atoms with Crippen LogP contribution >= 0.6 is 0 Å². The van der Waals surface area contributed by atoms with Gasteiger partial charge >= 0.3 is 0 Å². The Morgan fingerprint density at radius 2 is 1.50 bits per heavy atom. The number of fused-ring (bicyclic) bond motifs is 7. The molecular formula is C30H50O2. The lowest BCUT2D eigenvalue weighted by molar-refractivity contribution is -0.275. The molecule has 0 aromatic rings. The van der Waals surface area contributed by atoms with Crippen molar-refractivity contribution in [1.29, 1.82) is 0 Å². The van der Waals surface area contributed by atoms with Crippen molar-refractivity contribution < 1.29 is 10.2 Å². The molecule has 0 aromatic heterocycles. The minimum atomic E-state index is -0.217. The maximum Gasteiger partial charge on any atom is 0.0594 e. The normalized spacial score (nSPS) is 58.8. The van der Waals surface area contributed by atoms with Gasteiger partial charge in [-0.3, -0.25) is 0 Å². The standard InChI is InChI=1S/C30H50O2/c1-18(2)19-9-12-27(5)15-16-29(7)20(24(19)27)17-21(31)25-28(6)13-11-23(32)26(3,4)22(28)10-14-30(25,29)8/h19-25,31-32H,1,9-17H2,2-8H3/t19-,20+,21-,22-,23-,24+,25?,27+,28-,29+,30+/m0/s1. The van der Waals surface area contributed by atoms with Crippen LogP contribution in [0.4, 0.5) is 0 Å². The number of hydrogen-bond acceptors (Lipinski definition) is 2. The lowest BCUT2D eigenvalue weighted by Gasteiger charge is -2.73. The molecule has 182 valence electrons. The second-order valence-electron chi connectivity index (χ2n) is 14.9. The molecular weight excluding hydrogens is 392 g/mol. The van der Waals surface area contributed by atoms with Gasteiger partial charge in [-0.1, -0.05) is 53.7 Å². The first-order valence-electron chi connectivity index (χ1n) is 13.7. The Bertz CT molecular complexity index is 801. The van der Waals surface area contributed by atoms with Gasteiger partial charge in [-0.25, -0.2) is 0 Å². The SMILES string of the molecule is C=C(C)[C@@H]1CC[C@]2(C)CC[C@]3(C)[C@H](C[C@H](O)C4[C@@]5(C)CC[C@H](O)C(C)(C)[C@@H]5CC[C@]43C)[C@@H]12. The van der Waals surface area contributed by atoms with Crippen molar-refractivity contribution in [2.75, 3.05) is 0 Å².